The third-order valence-electron chi connectivity index (χ3n) is 5.72. The molecule has 0 bridgehead atoms. The van der Waals surface area contributed by atoms with Crippen LogP contribution in [0.25, 0.3) is 11.3 Å². The average Bonchev–Trinajstić information content (AvgIpc) is 2.71. The summed E-state index contributed by atoms with van der Waals surface area (Å²) >= 11 is 0. The zero-order valence-corrected chi connectivity index (χ0v) is 15.6. The highest BCUT2D eigenvalue weighted by molar-refractivity contribution is 5.95. The van der Waals surface area contributed by atoms with Gasteiger partial charge in [-0.05, 0) is 56.9 Å². The standard InChI is InChI=1S/C21H25N3O3/c1-15-7-8-18(23-22-15)16-4-2-5-17(14-16)20(26)24-11-9-21(10-12-24)19(25)6-3-13-27-21/h2,4-5,7-8,14,19,25H,3,6,9-13H2,1H3/t19-/m0/s1. The maximum absolute atomic E-state index is 13.0. The van der Waals surface area contributed by atoms with Gasteiger partial charge in [-0.3, -0.25) is 4.79 Å². The van der Waals surface area contributed by atoms with E-state index in [2.05, 4.69) is 10.2 Å². The number of ether oxygens (including phenoxy) is 1. The lowest BCUT2D eigenvalue weighted by atomic mass is 9.82. The summed E-state index contributed by atoms with van der Waals surface area (Å²) in [6, 6.07) is 11.4. The van der Waals surface area contributed by atoms with Gasteiger partial charge in [0.25, 0.3) is 5.91 Å². The van der Waals surface area contributed by atoms with Crippen molar-refractivity contribution in [3.05, 3.63) is 47.7 Å². The summed E-state index contributed by atoms with van der Waals surface area (Å²) < 4.78 is 5.94. The van der Waals surface area contributed by atoms with Gasteiger partial charge in [-0.2, -0.15) is 10.2 Å². The molecule has 6 nitrogen and oxygen atoms in total. The van der Waals surface area contributed by atoms with E-state index in [0.29, 0.717) is 38.1 Å². The van der Waals surface area contributed by atoms with Crippen LogP contribution in [0.4, 0.5) is 0 Å². The minimum absolute atomic E-state index is 0.0112. The van der Waals surface area contributed by atoms with Crippen molar-refractivity contribution in [3.8, 4) is 11.3 Å². The Labute approximate surface area is 159 Å². The van der Waals surface area contributed by atoms with Crippen molar-refractivity contribution in [2.24, 2.45) is 0 Å². The van der Waals surface area contributed by atoms with Gasteiger partial charge in [0.2, 0.25) is 0 Å². The number of aryl methyl sites for hydroxylation is 1. The van der Waals surface area contributed by atoms with Crippen LogP contribution in [-0.4, -0.2) is 57.5 Å². The summed E-state index contributed by atoms with van der Waals surface area (Å²) in [6.07, 6.45) is 2.63. The molecule has 0 saturated carbocycles. The Morgan fingerprint density at radius 2 is 2.04 bits per heavy atom. The number of likely N-dealkylation sites (tertiary alicyclic amines) is 1. The number of aromatic nitrogens is 2. The highest BCUT2D eigenvalue weighted by Gasteiger charge is 2.44. The third-order valence-corrected chi connectivity index (χ3v) is 5.72. The summed E-state index contributed by atoms with van der Waals surface area (Å²) in [5, 5.41) is 18.7. The van der Waals surface area contributed by atoms with E-state index < -0.39 is 11.7 Å². The first-order valence-corrected chi connectivity index (χ1v) is 9.59. The van der Waals surface area contributed by atoms with Gasteiger partial charge in [0.05, 0.1) is 23.1 Å². The number of carbonyl (C=O) groups excluding carboxylic acids is 1. The van der Waals surface area contributed by atoms with Crippen LogP contribution in [0.1, 0.15) is 41.7 Å². The molecule has 6 heteroatoms. The Morgan fingerprint density at radius 3 is 2.74 bits per heavy atom. The van der Waals surface area contributed by atoms with E-state index >= 15 is 0 Å². The number of piperidine rings is 1. The fourth-order valence-corrected chi connectivity index (χ4v) is 4.02. The number of hydrogen-bond donors (Lipinski definition) is 1. The zero-order valence-electron chi connectivity index (χ0n) is 15.6. The fourth-order valence-electron chi connectivity index (χ4n) is 4.02. The Hall–Kier alpha value is -2.31. The van der Waals surface area contributed by atoms with E-state index in [-0.39, 0.29) is 5.91 Å². The molecule has 1 aromatic heterocycles. The third kappa shape index (κ3) is 3.59. The minimum atomic E-state index is -0.464. The van der Waals surface area contributed by atoms with Crippen LogP contribution >= 0.6 is 0 Å². The van der Waals surface area contributed by atoms with Crippen molar-refractivity contribution in [2.45, 2.75) is 44.3 Å². The van der Waals surface area contributed by atoms with E-state index in [1.807, 2.05) is 48.2 Å². The molecule has 0 aliphatic carbocycles. The predicted molar refractivity (Wildman–Crippen MR) is 101 cm³/mol. The van der Waals surface area contributed by atoms with E-state index in [1.165, 1.54) is 0 Å². The highest BCUT2D eigenvalue weighted by atomic mass is 16.5. The SMILES string of the molecule is Cc1ccc(-c2cccc(C(=O)N3CCC4(CC3)OCCC[C@@H]4O)c2)nn1. The van der Waals surface area contributed by atoms with Crippen LogP contribution < -0.4 is 0 Å². The monoisotopic (exact) mass is 367 g/mol. The molecule has 0 unspecified atom stereocenters. The summed E-state index contributed by atoms with van der Waals surface area (Å²) in [7, 11) is 0. The highest BCUT2D eigenvalue weighted by Crippen LogP contribution is 2.35. The number of aliphatic hydroxyl groups is 1. The minimum Gasteiger partial charge on any atom is -0.390 e. The number of nitrogens with zero attached hydrogens (tertiary/aromatic N) is 3. The molecule has 2 aliphatic heterocycles. The molecule has 27 heavy (non-hydrogen) atoms. The predicted octanol–water partition coefficient (Wildman–Crippen LogP) is 2.60. The van der Waals surface area contributed by atoms with Crippen LogP contribution in [0.15, 0.2) is 36.4 Å². The van der Waals surface area contributed by atoms with Gasteiger partial charge in [0.1, 0.15) is 0 Å². The number of benzene rings is 1. The van der Waals surface area contributed by atoms with Crippen molar-refractivity contribution in [1.29, 1.82) is 0 Å². The van der Waals surface area contributed by atoms with Crippen molar-refractivity contribution in [2.75, 3.05) is 19.7 Å². The van der Waals surface area contributed by atoms with Crippen LogP contribution in [0.2, 0.25) is 0 Å². The molecule has 2 aliphatic rings. The van der Waals surface area contributed by atoms with Crippen molar-refractivity contribution in [1.82, 2.24) is 15.1 Å². The number of aliphatic hydroxyl groups excluding tert-OH is 1. The average molecular weight is 367 g/mol. The maximum Gasteiger partial charge on any atom is 0.253 e. The molecular weight excluding hydrogens is 342 g/mol. The second-order valence-electron chi connectivity index (χ2n) is 7.50. The summed E-state index contributed by atoms with van der Waals surface area (Å²) in [5.41, 5.74) is 2.68. The first-order chi connectivity index (χ1) is 13.1. The topological polar surface area (TPSA) is 75.6 Å². The second-order valence-corrected chi connectivity index (χ2v) is 7.50. The van der Waals surface area contributed by atoms with E-state index in [9.17, 15) is 9.90 Å². The van der Waals surface area contributed by atoms with Gasteiger partial charge in [-0.15, -0.1) is 0 Å². The van der Waals surface area contributed by atoms with Gasteiger partial charge < -0.3 is 14.7 Å². The molecular formula is C21H25N3O3. The second kappa shape index (κ2) is 7.37. The van der Waals surface area contributed by atoms with E-state index in [4.69, 9.17) is 4.74 Å². The molecule has 1 aromatic carbocycles. The molecule has 1 spiro atoms. The maximum atomic E-state index is 13.0. The molecule has 1 amide bonds. The molecule has 2 fully saturated rings. The molecule has 142 valence electrons. The summed E-state index contributed by atoms with van der Waals surface area (Å²) in [5.74, 6) is 0.0112. The van der Waals surface area contributed by atoms with Crippen LogP contribution in [0.3, 0.4) is 0 Å². The molecule has 4 rings (SSSR count). The number of amides is 1. The molecule has 2 saturated heterocycles. The number of hydrogen-bond acceptors (Lipinski definition) is 5. The van der Waals surface area contributed by atoms with Gasteiger partial charge in [0.15, 0.2) is 0 Å². The number of rotatable bonds is 2. The normalized spacial score (nSPS) is 22.0. The molecule has 0 radical (unpaired) electrons. The smallest absolute Gasteiger partial charge is 0.253 e. The van der Waals surface area contributed by atoms with Crippen LogP contribution in [-0.2, 0) is 4.74 Å². The first kappa shape index (κ1) is 18.1. The summed E-state index contributed by atoms with van der Waals surface area (Å²) in [6.45, 7) is 3.80. The summed E-state index contributed by atoms with van der Waals surface area (Å²) in [4.78, 5) is 14.8. The van der Waals surface area contributed by atoms with Crippen molar-refractivity contribution < 1.29 is 14.6 Å². The zero-order chi connectivity index (χ0) is 18.9. The molecule has 1 atom stereocenters. The van der Waals surface area contributed by atoms with Crippen molar-refractivity contribution >= 4 is 5.91 Å². The molecule has 2 aromatic rings. The van der Waals surface area contributed by atoms with Crippen molar-refractivity contribution in [3.63, 3.8) is 0 Å². The molecule has 3 heterocycles. The van der Waals surface area contributed by atoms with Crippen LogP contribution in [0.5, 0.6) is 0 Å². The lowest BCUT2D eigenvalue weighted by Gasteiger charge is -2.46. The van der Waals surface area contributed by atoms with Crippen LogP contribution in [0, 0.1) is 6.92 Å². The lowest BCUT2D eigenvalue weighted by Crippen LogP contribution is -2.56. The van der Waals surface area contributed by atoms with E-state index in [0.717, 1.165) is 29.8 Å². The Bertz CT molecular complexity index is 814. The van der Waals surface area contributed by atoms with Gasteiger partial charge in [-0.25, -0.2) is 0 Å². The number of carbonyl (C=O) groups is 1. The Kier molecular flexibility index (Phi) is 4.93. The van der Waals surface area contributed by atoms with Gasteiger partial charge in [-0.1, -0.05) is 12.1 Å². The van der Waals surface area contributed by atoms with E-state index in [1.54, 1.807) is 0 Å². The Balaban J connectivity index is 1.47. The first-order valence-electron chi connectivity index (χ1n) is 9.59. The van der Waals surface area contributed by atoms with Gasteiger partial charge >= 0.3 is 0 Å². The molecule has 1 N–H and O–H groups in total. The fraction of sp³-hybridized carbons (Fsp3) is 0.476. The quantitative estimate of drug-likeness (QED) is 0.883. The Morgan fingerprint density at radius 1 is 1.22 bits per heavy atom. The largest absolute Gasteiger partial charge is 0.390 e. The van der Waals surface area contributed by atoms with Gasteiger partial charge in [0, 0.05) is 30.8 Å². The lowest BCUT2D eigenvalue weighted by molar-refractivity contribution is -0.174.